The lowest BCUT2D eigenvalue weighted by atomic mass is 9.90. The van der Waals surface area contributed by atoms with Gasteiger partial charge in [-0.25, -0.2) is 4.79 Å². The van der Waals surface area contributed by atoms with Gasteiger partial charge in [-0.3, -0.25) is 14.6 Å². The summed E-state index contributed by atoms with van der Waals surface area (Å²) in [5, 5.41) is 0. The Bertz CT molecular complexity index is 1580. The zero-order valence-corrected chi connectivity index (χ0v) is 25.2. The molecule has 0 unspecified atom stereocenters. The molecular formula is C36H38N2O5. The number of ketones is 1. The minimum atomic E-state index is -0.494. The standard InChI is InChI=1S/C36H38N2O5/c1-23(2)18-31-30(20-37)35(29-16-10-24(3)11-17-29)34(25(4)38-31)36(41)43-21-27-14-12-26(13-15-27)19-33(40)42-22-32(39)28-8-6-5-7-9-28/h5-17,23H,18-22,37H2,1-4H3. The first-order valence-electron chi connectivity index (χ1n) is 14.4. The van der Waals surface area contributed by atoms with Crippen LogP contribution in [0.5, 0.6) is 0 Å². The van der Waals surface area contributed by atoms with E-state index in [1.807, 2.05) is 44.2 Å². The van der Waals surface area contributed by atoms with Crippen LogP contribution < -0.4 is 5.73 Å². The summed E-state index contributed by atoms with van der Waals surface area (Å²) in [6, 6.07) is 23.9. The van der Waals surface area contributed by atoms with Crippen molar-refractivity contribution in [3.05, 3.63) is 124 Å². The molecule has 0 amide bonds. The van der Waals surface area contributed by atoms with Crippen molar-refractivity contribution in [1.29, 1.82) is 0 Å². The van der Waals surface area contributed by atoms with Gasteiger partial charge in [-0.1, -0.05) is 98.3 Å². The third-order valence-electron chi connectivity index (χ3n) is 7.12. The van der Waals surface area contributed by atoms with Crippen LogP contribution in [-0.4, -0.2) is 29.3 Å². The fraction of sp³-hybridized carbons (Fsp3) is 0.278. The molecule has 0 aliphatic heterocycles. The molecule has 0 aliphatic rings. The van der Waals surface area contributed by atoms with E-state index < -0.39 is 11.9 Å². The average molecular weight is 579 g/mol. The predicted octanol–water partition coefficient (Wildman–Crippen LogP) is 6.35. The SMILES string of the molecule is Cc1ccc(-c2c(CN)c(CC(C)C)nc(C)c2C(=O)OCc2ccc(CC(=O)OCC(=O)c3ccccc3)cc2)cc1. The van der Waals surface area contributed by atoms with Crippen molar-refractivity contribution in [2.75, 3.05) is 6.61 Å². The Labute approximate surface area is 253 Å². The molecule has 0 aliphatic carbocycles. The second-order valence-corrected chi connectivity index (χ2v) is 11.1. The van der Waals surface area contributed by atoms with Crippen molar-refractivity contribution in [2.45, 2.75) is 53.7 Å². The van der Waals surface area contributed by atoms with Crippen LogP contribution in [0.15, 0.2) is 78.9 Å². The van der Waals surface area contributed by atoms with E-state index >= 15 is 0 Å². The number of Topliss-reactive ketones (excluding diaryl/α,β-unsaturated/α-hetero) is 1. The summed E-state index contributed by atoms with van der Waals surface area (Å²) in [6.45, 7) is 8.11. The van der Waals surface area contributed by atoms with Gasteiger partial charge in [0, 0.05) is 23.4 Å². The van der Waals surface area contributed by atoms with Gasteiger partial charge in [0.25, 0.3) is 0 Å². The lowest BCUT2D eigenvalue weighted by molar-refractivity contribution is -0.141. The Morgan fingerprint density at radius 3 is 2.12 bits per heavy atom. The summed E-state index contributed by atoms with van der Waals surface area (Å²) in [6.07, 6.45) is 0.780. The van der Waals surface area contributed by atoms with Gasteiger partial charge in [0.15, 0.2) is 12.4 Å². The Balaban J connectivity index is 1.45. The summed E-state index contributed by atoms with van der Waals surface area (Å²) < 4.78 is 10.9. The lowest BCUT2D eigenvalue weighted by Gasteiger charge is -2.20. The highest BCUT2D eigenvalue weighted by atomic mass is 16.5. The summed E-state index contributed by atoms with van der Waals surface area (Å²) in [5.41, 5.74) is 13.8. The van der Waals surface area contributed by atoms with E-state index in [4.69, 9.17) is 20.2 Å². The number of nitrogens with zero attached hydrogens (tertiary/aromatic N) is 1. The molecule has 7 nitrogen and oxygen atoms in total. The molecule has 0 saturated heterocycles. The number of pyridine rings is 1. The Morgan fingerprint density at radius 2 is 1.49 bits per heavy atom. The smallest absolute Gasteiger partial charge is 0.340 e. The number of carbonyl (C=O) groups is 3. The van der Waals surface area contributed by atoms with Gasteiger partial charge in [-0.05, 0) is 48.4 Å². The van der Waals surface area contributed by atoms with Crippen molar-refractivity contribution in [2.24, 2.45) is 11.7 Å². The number of benzene rings is 3. The van der Waals surface area contributed by atoms with Crippen molar-refractivity contribution < 1.29 is 23.9 Å². The van der Waals surface area contributed by atoms with E-state index in [1.165, 1.54) is 0 Å². The van der Waals surface area contributed by atoms with E-state index in [1.54, 1.807) is 48.5 Å². The summed E-state index contributed by atoms with van der Waals surface area (Å²) >= 11 is 0. The molecule has 2 N–H and O–H groups in total. The Hall–Kier alpha value is -4.62. The summed E-state index contributed by atoms with van der Waals surface area (Å²) in [5.74, 6) is -0.841. The van der Waals surface area contributed by atoms with E-state index in [-0.39, 0.29) is 32.0 Å². The molecule has 0 saturated carbocycles. The van der Waals surface area contributed by atoms with Crippen molar-refractivity contribution in [1.82, 2.24) is 4.98 Å². The quantitative estimate of drug-likeness (QED) is 0.154. The monoisotopic (exact) mass is 578 g/mol. The van der Waals surface area contributed by atoms with Gasteiger partial charge < -0.3 is 15.2 Å². The second-order valence-electron chi connectivity index (χ2n) is 11.1. The molecule has 0 spiro atoms. The van der Waals surface area contributed by atoms with Crippen LogP contribution in [0.3, 0.4) is 0 Å². The van der Waals surface area contributed by atoms with Gasteiger partial charge in [0.1, 0.15) is 6.61 Å². The fourth-order valence-electron chi connectivity index (χ4n) is 4.91. The van der Waals surface area contributed by atoms with Crippen molar-refractivity contribution in [3.63, 3.8) is 0 Å². The largest absolute Gasteiger partial charge is 0.457 e. The number of carbonyl (C=O) groups excluding carboxylic acids is 3. The topological polar surface area (TPSA) is 109 Å². The highest BCUT2D eigenvalue weighted by Gasteiger charge is 2.25. The maximum absolute atomic E-state index is 13.6. The Kier molecular flexibility index (Phi) is 10.6. The van der Waals surface area contributed by atoms with E-state index in [0.717, 1.165) is 45.5 Å². The van der Waals surface area contributed by atoms with Gasteiger partial charge in [-0.15, -0.1) is 0 Å². The van der Waals surface area contributed by atoms with Crippen LogP contribution >= 0.6 is 0 Å². The molecule has 1 aromatic heterocycles. The van der Waals surface area contributed by atoms with Crippen LogP contribution in [0.1, 0.15) is 68.2 Å². The number of nitrogens with two attached hydrogens (primary N) is 1. The number of ether oxygens (including phenoxy) is 2. The van der Waals surface area contributed by atoms with Crippen LogP contribution in [-0.2, 0) is 40.3 Å². The van der Waals surface area contributed by atoms with E-state index in [9.17, 15) is 14.4 Å². The molecule has 1 heterocycles. The molecule has 4 rings (SSSR count). The minimum absolute atomic E-state index is 0.0253. The third kappa shape index (κ3) is 8.23. The first-order chi connectivity index (χ1) is 20.7. The Morgan fingerprint density at radius 1 is 0.837 bits per heavy atom. The number of hydrogen-bond donors (Lipinski definition) is 1. The highest BCUT2D eigenvalue weighted by molar-refractivity contribution is 5.99. The van der Waals surface area contributed by atoms with E-state index in [2.05, 4.69) is 13.8 Å². The van der Waals surface area contributed by atoms with Gasteiger partial charge in [0.05, 0.1) is 17.7 Å². The number of esters is 2. The van der Waals surface area contributed by atoms with Crippen LogP contribution in [0, 0.1) is 19.8 Å². The molecule has 0 radical (unpaired) electrons. The normalized spacial score (nSPS) is 10.9. The second kappa shape index (κ2) is 14.5. The number of aromatic nitrogens is 1. The molecule has 3 aromatic carbocycles. The van der Waals surface area contributed by atoms with Crippen LogP contribution in [0.25, 0.3) is 11.1 Å². The van der Waals surface area contributed by atoms with Gasteiger partial charge in [-0.2, -0.15) is 0 Å². The average Bonchev–Trinajstić information content (AvgIpc) is 2.99. The molecular weight excluding hydrogens is 540 g/mol. The minimum Gasteiger partial charge on any atom is -0.457 e. The summed E-state index contributed by atoms with van der Waals surface area (Å²) in [4.78, 5) is 42.8. The molecule has 7 heteroatoms. The van der Waals surface area contributed by atoms with Crippen LogP contribution in [0.2, 0.25) is 0 Å². The van der Waals surface area contributed by atoms with Crippen molar-refractivity contribution >= 4 is 17.7 Å². The zero-order chi connectivity index (χ0) is 30.9. The first kappa shape index (κ1) is 31.3. The fourth-order valence-corrected chi connectivity index (χ4v) is 4.91. The molecule has 222 valence electrons. The van der Waals surface area contributed by atoms with E-state index in [0.29, 0.717) is 22.7 Å². The molecule has 0 atom stereocenters. The number of hydrogen-bond acceptors (Lipinski definition) is 7. The van der Waals surface area contributed by atoms with Crippen LogP contribution in [0.4, 0.5) is 0 Å². The lowest BCUT2D eigenvalue weighted by Crippen LogP contribution is -2.17. The third-order valence-corrected chi connectivity index (χ3v) is 7.12. The number of aryl methyl sites for hydroxylation is 2. The predicted molar refractivity (Wildman–Crippen MR) is 167 cm³/mol. The van der Waals surface area contributed by atoms with Gasteiger partial charge >= 0.3 is 11.9 Å². The maximum Gasteiger partial charge on any atom is 0.340 e. The van der Waals surface area contributed by atoms with Gasteiger partial charge in [0.2, 0.25) is 0 Å². The maximum atomic E-state index is 13.6. The van der Waals surface area contributed by atoms with Crippen molar-refractivity contribution in [3.8, 4) is 11.1 Å². The molecule has 43 heavy (non-hydrogen) atoms. The number of rotatable bonds is 12. The first-order valence-corrected chi connectivity index (χ1v) is 14.4. The summed E-state index contributed by atoms with van der Waals surface area (Å²) in [7, 11) is 0. The molecule has 0 bridgehead atoms. The zero-order valence-electron chi connectivity index (χ0n) is 25.2. The molecule has 4 aromatic rings. The molecule has 0 fully saturated rings. The highest BCUT2D eigenvalue weighted by Crippen LogP contribution is 2.33.